The zero-order chi connectivity index (χ0) is 19.2. The summed E-state index contributed by atoms with van der Waals surface area (Å²) in [5, 5.41) is 0. The van der Waals surface area contributed by atoms with E-state index in [1.807, 2.05) is 17.0 Å². The van der Waals surface area contributed by atoms with E-state index in [2.05, 4.69) is 12.1 Å². The molecule has 1 heterocycles. The number of benzene rings is 2. The third-order valence-electron chi connectivity index (χ3n) is 5.30. The number of rotatable bonds is 6. The monoisotopic (exact) mass is 373 g/mol. The SMILES string of the molecule is COc1ccc(CC2CCN(C(=O)CCc3c(F)cccc3F)CC2)cc1. The van der Waals surface area contributed by atoms with Crippen LogP contribution in [0.1, 0.15) is 30.4 Å². The Hall–Kier alpha value is -2.43. The number of piperidine rings is 1. The average Bonchev–Trinajstić information content (AvgIpc) is 2.68. The highest BCUT2D eigenvalue weighted by Gasteiger charge is 2.23. The first-order valence-electron chi connectivity index (χ1n) is 9.40. The zero-order valence-electron chi connectivity index (χ0n) is 15.6. The van der Waals surface area contributed by atoms with Gasteiger partial charge in [-0.1, -0.05) is 18.2 Å². The maximum Gasteiger partial charge on any atom is 0.222 e. The predicted octanol–water partition coefficient (Wildman–Crippen LogP) is 4.39. The lowest BCUT2D eigenvalue weighted by molar-refractivity contribution is -0.132. The number of hydrogen-bond acceptors (Lipinski definition) is 2. The van der Waals surface area contributed by atoms with Crippen LogP contribution in [-0.4, -0.2) is 31.0 Å². The summed E-state index contributed by atoms with van der Waals surface area (Å²) in [4.78, 5) is 14.2. The van der Waals surface area contributed by atoms with E-state index in [0.29, 0.717) is 19.0 Å². The molecular formula is C22H25F2NO2. The molecule has 0 spiro atoms. The molecule has 0 atom stereocenters. The van der Waals surface area contributed by atoms with Gasteiger partial charge < -0.3 is 9.64 Å². The van der Waals surface area contributed by atoms with E-state index in [-0.39, 0.29) is 24.3 Å². The molecule has 1 saturated heterocycles. The number of likely N-dealkylation sites (tertiary alicyclic amines) is 1. The first-order valence-corrected chi connectivity index (χ1v) is 9.40. The lowest BCUT2D eigenvalue weighted by Gasteiger charge is -2.32. The molecule has 2 aromatic rings. The van der Waals surface area contributed by atoms with Crippen LogP contribution in [0.5, 0.6) is 5.75 Å². The molecule has 0 bridgehead atoms. The quantitative estimate of drug-likeness (QED) is 0.752. The van der Waals surface area contributed by atoms with Gasteiger partial charge in [-0.15, -0.1) is 0 Å². The maximum atomic E-state index is 13.7. The number of hydrogen-bond donors (Lipinski definition) is 0. The van der Waals surface area contributed by atoms with Gasteiger partial charge in [0, 0.05) is 25.1 Å². The molecule has 0 radical (unpaired) electrons. The third kappa shape index (κ3) is 5.06. The molecule has 0 unspecified atom stereocenters. The van der Waals surface area contributed by atoms with Crippen LogP contribution in [0.25, 0.3) is 0 Å². The number of nitrogens with zero attached hydrogens (tertiary/aromatic N) is 1. The minimum atomic E-state index is -0.582. The first kappa shape index (κ1) is 19.3. The Morgan fingerprint density at radius 3 is 2.30 bits per heavy atom. The summed E-state index contributed by atoms with van der Waals surface area (Å²) in [7, 11) is 1.66. The third-order valence-corrected chi connectivity index (χ3v) is 5.30. The predicted molar refractivity (Wildman–Crippen MR) is 101 cm³/mol. The van der Waals surface area contributed by atoms with Crippen LogP contribution in [0.15, 0.2) is 42.5 Å². The van der Waals surface area contributed by atoms with Gasteiger partial charge in [-0.25, -0.2) is 8.78 Å². The van der Waals surface area contributed by atoms with Crippen LogP contribution in [-0.2, 0) is 17.6 Å². The molecule has 3 nitrogen and oxygen atoms in total. The molecule has 0 aromatic heterocycles. The van der Waals surface area contributed by atoms with Gasteiger partial charge in [0.15, 0.2) is 0 Å². The van der Waals surface area contributed by atoms with E-state index >= 15 is 0 Å². The number of amides is 1. The van der Waals surface area contributed by atoms with Crippen LogP contribution in [0.4, 0.5) is 8.78 Å². The summed E-state index contributed by atoms with van der Waals surface area (Å²) in [6.07, 6.45) is 3.13. The number of carbonyl (C=O) groups is 1. The van der Waals surface area contributed by atoms with Crippen molar-refractivity contribution in [1.82, 2.24) is 4.90 Å². The summed E-state index contributed by atoms with van der Waals surface area (Å²) in [5.74, 6) is 0.208. The van der Waals surface area contributed by atoms with Crippen molar-refractivity contribution < 1.29 is 18.3 Å². The first-order chi connectivity index (χ1) is 13.1. The van der Waals surface area contributed by atoms with Gasteiger partial charge in [0.2, 0.25) is 5.91 Å². The largest absolute Gasteiger partial charge is 0.497 e. The number of carbonyl (C=O) groups excluding carboxylic acids is 1. The topological polar surface area (TPSA) is 29.5 Å². The van der Waals surface area contributed by atoms with Crippen molar-refractivity contribution in [3.05, 3.63) is 65.2 Å². The molecule has 1 fully saturated rings. The second-order valence-corrected chi connectivity index (χ2v) is 7.08. The van der Waals surface area contributed by atoms with Crippen molar-refractivity contribution in [1.29, 1.82) is 0 Å². The molecule has 1 aliphatic rings. The van der Waals surface area contributed by atoms with Gasteiger partial charge in [0.1, 0.15) is 17.4 Å². The summed E-state index contributed by atoms with van der Waals surface area (Å²) in [6.45, 7) is 1.42. The van der Waals surface area contributed by atoms with E-state index in [9.17, 15) is 13.6 Å². The minimum absolute atomic E-state index is 0.000224. The van der Waals surface area contributed by atoms with Gasteiger partial charge >= 0.3 is 0 Å². The number of methoxy groups -OCH3 is 1. The number of halogens is 2. The summed E-state index contributed by atoms with van der Waals surface area (Å²) >= 11 is 0. The summed E-state index contributed by atoms with van der Waals surface area (Å²) in [5.41, 5.74) is 1.27. The van der Waals surface area contributed by atoms with E-state index in [0.717, 1.165) is 25.0 Å². The van der Waals surface area contributed by atoms with Gasteiger partial charge in [0.05, 0.1) is 7.11 Å². The molecular weight excluding hydrogens is 348 g/mol. The van der Waals surface area contributed by atoms with Crippen molar-refractivity contribution in [2.45, 2.75) is 32.1 Å². The van der Waals surface area contributed by atoms with Crippen LogP contribution in [0.3, 0.4) is 0 Å². The smallest absolute Gasteiger partial charge is 0.222 e. The van der Waals surface area contributed by atoms with Crippen molar-refractivity contribution in [3.8, 4) is 5.75 Å². The van der Waals surface area contributed by atoms with Crippen molar-refractivity contribution in [2.24, 2.45) is 5.92 Å². The molecule has 0 saturated carbocycles. The number of ether oxygens (including phenoxy) is 1. The highest BCUT2D eigenvalue weighted by molar-refractivity contribution is 5.76. The Kier molecular flexibility index (Phi) is 6.43. The van der Waals surface area contributed by atoms with Crippen LogP contribution >= 0.6 is 0 Å². The standard InChI is InChI=1S/C22H25F2NO2/c1-27-18-7-5-16(6-8-18)15-17-11-13-25(14-12-17)22(26)10-9-19-20(23)3-2-4-21(19)24/h2-8,17H,9-15H2,1H3. The van der Waals surface area contributed by atoms with Crippen molar-refractivity contribution >= 4 is 5.91 Å². The molecule has 2 aromatic carbocycles. The lowest BCUT2D eigenvalue weighted by Crippen LogP contribution is -2.39. The van der Waals surface area contributed by atoms with E-state index < -0.39 is 11.6 Å². The van der Waals surface area contributed by atoms with Crippen LogP contribution in [0.2, 0.25) is 0 Å². The van der Waals surface area contributed by atoms with Gasteiger partial charge in [-0.3, -0.25) is 4.79 Å². The molecule has 3 rings (SSSR count). The maximum absolute atomic E-state index is 13.7. The van der Waals surface area contributed by atoms with Crippen molar-refractivity contribution in [2.75, 3.05) is 20.2 Å². The Morgan fingerprint density at radius 2 is 1.70 bits per heavy atom. The van der Waals surface area contributed by atoms with Crippen LogP contribution in [0, 0.1) is 17.6 Å². The second-order valence-electron chi connectivity index (χ2n) is 7.08. The highest BCUT2D eigenvalue weighted by Crippen LogP contribution is 2.24. The summed E-state index contributed by atoms with van der Waals surface area (Å²) < 4.78 is 32.5. The molecule has 1 aliphatic heterocycles. The lowest BCUT2D eigenvalue weighted by atomic mass is 9.90. The fourth-order valence-electron chi connectivity index (χ4n) is 3.64. The van der Waals surface area contributed by atoms with Gasteiger partial charge in [-0.2, -0.15) is 0 Å². The minimum Gasteiger partial charge on any atom is -0.497 e. The van der Waals surface area contributed by atoms with E-state index in [1.54, 1.807) is 7.11 Å². The molecule has 144 valence electrons. The fourth-order valence-corrected chi connectivity index (χ4v) is 3.64. The second kappa shape index (κ2) is 8.98. The molecule has 0 aliphatic carbocycles. The molecule has 27 heavy (non-hydrogen) atoms. The Labute approximate surface area is 158 Å². The zero-order valence-corrected chi connectivity index (χ0v) is 15.6. The van der Waals surface area contributed by atoms with Crippen LogP contribution < -0.4 is 4.74 Å². The normalized spacial score (nSPS) is 15.0. The molecule has 0 N–H and O–H groups in total. The Balaban J connectivity index is 1.46. The highest BCUT2D eigenvalue weighted by atomic mass is 19.1. The van der Waals surface area contributed by atoms with Gasteiger partial charge in [0.25, 0.3) is 0 Å². The van der Waals surface area contributed by atoms with E-state index in [4.69, 9.17) is 4.74 Å². The average molecular weight is 373 g/mol. The van der Waals surface area contributed by atoms with Crippen molar-refractivity contribution in [3.63, 3.8) is 0 Å². The fraction of sp³-hybridized carbons (Fsp3) is 0.409. The summed E-state index contributed by atoms with van der Waals surface area (Å²) in [6, 6.07) is 11.9. The molecule has 1 amide bonds. The molecule has 5 heteroatoms. The van der Waals surface area contributed by atoms with Gasteiger partial charge in [-0.05, 0) is 61.4 Å². The van der Waals surface area contributed by atoms with E-state index in [1.165, 1.54) is 23.8 Å². The Morgan fingerprint density at radius 1 is 1.07 bits per heavy atom. The Bertz CT molecular complexity index is 748.